The number of carbonyl (C=O) groups excluding carboxylic acids is 1. The summed E-state index contributed by atoms with van der Waals surface area (Å²) in [6, 6.07) is 27.3. The molecule has 0 amide bonds. The summed E-state index contributed by atoms with van der Waals surface area (Å²) >= 11 is 0. The minimum absolute atomic E-state index is 0.0918. The van der Waals surface area contributed by atoms with Crippen LogP contribution in [0.2, 0.25) is 0 Å². The van der Waals surface area contributed by atoms with Crippen molar-refractivity contribution in [1.29, 1.82) is 0 Å². The van der Waals surface area contributed by atoms with E-state index in [2.05, 4.69) is 18.8 Å². The number of methoxy groups -OCH3 is 1. The Morgan fingerprint density at radius 3 is 2.37 bits per heavy atom. The lowest BCUT2D eigenvalue weighted by Crippen LogP contribution is -2.07. The molecule has 0 radical (unpaired) electrons. The molecule has 220 valence electrons. The van der Waals surface area contributed by atoms with Crippen molar-refractivity contribution in [1.82, 2.24) is 4.98 Å². The number of halogens is 3. The number of ether oxygens (including phenoxy) is 2. The molecule has 7 heteroatoms. The number of carbonyl (C=O) groups is 1. The summed E-state index contributed by atoms with van der Waals surface area (Å²) in [5.41, 5.74) is 5.22. The van der Waals surface area contributed by atoms with E-state index in [4.69, 9.17) is 9.47 Å². The fourth-order valence-electron chi connectivity index (χ4n) is 5.34. The molecule has 0 saturated carbocycles. The number of benzene rings is 4. The van der Waals surface area contributed by atoms with Crippen LogP contribution in [-0.2, 0) is 28.7 Å². The smallest absolute Gasteiger partial charge is 0.418 e. The maximum Gasteiger partial charge on any atom is 0.418 e. The first-order valence-electron chi connectivity index (χ1n) is 14.1. The van der Waals surface area contributed by atoms with Crippen LogP contribution in [0.5, 0.6) is 5.75 Å². The highest BCUT2D eigenvalue weighted by atomic mass is 19.4. The number of fused-ring (bicyclic) bond motifs is 1. The van der Waals surface area contributed by atoms with Gasteiger partial charge < -0.3 is 9.47 Å². The van der Waals surface area contributed by atoms with Gasteiger partial charge in [-0.15, -0.1) is 0 Å². The molecule has 0 fully saturated rings. The Morgan fingerprint density at radius 1 is 0.860 bits per heavy atom. The van der Waals surface area contributed by atoms with Crippen LogP contribution in [0, 0.1) is 0 Å². The molecule has 0 spiro atoms. The second-order valence-electron chi connectivity index (χ2n) is 10.7. The van der Waals surface area contributed by atoms with E-state index in [9.17, 15) is 18.0 Å². The zero-order chi connectivity index (χ0) is 30.6. The van der Waals surface area contributed by atoms with Gasteiger partial charge in [-0.1, -0.05) is 86.6 Å². The predicted molar refractivity (Wildman–Crippen MR) is 163 cm³/mol. The van der Waals surface area contributed by atoms with Crippen LogP contribution in [0.4, 0.5) is 13.2 Å². The zero-order valence-electron chi connectivity index (χ0n) is 24.2. The summed E-state index contributed by atoms with van der Waals surface area (Å²) in [5, 5.41) is 0.418. The van der Waals surface area contributed by atoms with E-state index >= 15 is 0 Å². The standard InChI is InChI=1S/C36H32F3NO3/c1-23(2)28-13-4-5-14-29(28)31-21-40-35-30(15-8-16-32(35)36(37,38)39)34(31)26-11-7-12-27(20-26)43-22-25-10-6-9-24(19-25)17-18-33(41)42-3/h4-16,19-21,23H,17-18,22H2,1-3H3. The maximum atomic E-state index is 14.0. The van der Waals surface area contributed by atoms with Gasteiger partial charge in [-0.3, -0.25) is 9.78 Å². The first-order valence-corrected chi connectivity index (χ1v) is 14.1. The summed E-state index contributed by atoms with van der Waals surface area (Å²) in [6.07, 6.45) is -2.13. The van der Waals surface area contributed by atoms with Crippen molar-refractivity contribution in [2.45, 2.75) is 45.4 Å². The number of pyridine rings is 1. The topological polar surface area (TPSA) is 48.4 Å². The van der Waals surface area contributed by atoms with E-state index in [1.807, 2.05) is 72.8 Å². The van der Waals surface area contributed by atoms with Gasteiger partial charge in [-0.25, -0.2) is 0 Å². The summed E-state index contributed by atoms with van der Waals surface area (Å²) in [6.45, 7) is 4.47. The van der Waals surface area contributed by atoms with Gasteiger partial charge in [0.05, 0.1) is 18.2 Å². The van der Waals surface area contributed by atoms with Crippen LogP contribution in [0.3, 0.4) is 0 Å². The highest BCUT2D eigenvalue weighted by molar-refractivity contribution is 6.03. The molecule has 4 aromatic carbocycles. The quantitative estimate of drug-likeness (QED) is 0.162. The summed E-state index contributed by atoms with van der Waals surface area (Å²) in [4.78, 5) is 15.9. The number of aryl methyl sites for hydroxylation is 1. The highest BCUT2D eigenvalue weighted by Gasteiger charge is 2.34. The lowest BCUT2D eigenvalue weighted by atomic mass is 9.87. The number of nitrogens with zero attached hydrogens (tertiary/aromatic N) is 1. The van der Waals surface area contributed by atoms with Crippen LogP contribution >= 0.6 is 0 Å². The van der Waals surface area contributed by atoms with Crippen molar-refractivity contribution in [3.8, 4) is 28.0 Å². The molecule has 0 atom stereocenters. The minimum Gasteiger partial charge on any atom is -0.489 e. The fraction of sp³-hybridized carbons (Fsp3) is 0.222. The van der Waals surface area contributed by atoms with Gasteiger partial charge in [-0.2, -0.15) is 13.2 Å². The van der Waals surface area contributed by atoms with Crippen molar-refractivity contribution in [2.75, 3.05) is 7.11 Å². The predicted octanol–water partition coefficient (Wildman–Crippen LogP) is 9.40. The Labute approximate surface area is 249 Å². The lowest BCUT2D eigenvalue weighted by molar-refractivity contribution is -0.140. The first-order chi connectivity index (χ1) is 20.7. The van der Waals surface area contributed by atoms with Gasteiger partial charge in [0.25, 0.3) is 0 Å². The van der Waals surface area contributed by atoms with Crippen LogP contribution in [0.1, 0.15) is 48.4 Å². The largest absolute Gasteiger partial charge is 0.489 e. The number of aromatic nitrogens is 1. The SMILES string of the molecule is COC(=O)CCc1cccc(COc2cccc(-c3c(-c4ccccc4C(C)C)cnc4c(C(F)(F)F)cccc34)c2)c1. The van der Waals surface area contributed by atoms with E-state index in [0.717, 1.165) is 39.4 Å². The van der Waals surface area contributed by atoms with Gasteiger partial charge in [0.1, 0.15) is 12.4 Å². The maximum absolute atomic E-state index is 14.0. The first kappa shape index (κ1) is 29.8. The van der Waals surface area contributed by atoms with Crippen molar-refractivity contribution in [3.63, 3.8) is 0 Å². The molecular formula is C36H32F3NO3. The molecule has 43 heavy (non-hydrogen) atoms. The average Bonchev–Trinajstić information content (AvgIpc) is 3.01. The van der Waals surface area contributed by atoms with Gasteiger partial charge in [-0.05, 0) is 58.4 Å². The van der Waals surface area contributed by atoms with Crippen molar-refractivity contribution in [3.05, 3.63) is 119 Å². The molecule has 4 nitrogen and oxygen atoms in total. The Hall–Kier alpha value is -4.65. The fourth-order valence-corrected chi connectivity index (χ4v) is 5.34. The Morgan fingerprint density at radius 2 is 1.60 bits per heavy atom. The van der Waals surface area contributed by atoms with E-state index in [-0.39, 0.29) is 24.0 Å². The Kier molecular flexibility index (Phi) is 8.81. The lowest BCUT2D eigenvalue weighted by Gasteiger charge is -2.19. The second kappa shape index (κ2) is 12.7. The number of rotatable bonds is 9. The van der Waals surface area contributed by atoms with Crippen LogP contribution in [0.25, 0.3) is 33.2 Å². The third-order valence-corrected chi connectivity index (χ3v) is 7.44. The molecule has 0 aliphatic carbocycles. The van der Waals surface area contributed by atoms with Gasteiger partial charge in [0.2, 0.25) is 0 Å². The van der Waals surface area contributed by atoms with Crippen molar-refractivity contribution < 1.29 is 27.4 Å². The minimum atomic E-state index is -4.54. The molecule has 5 rings (SSSR count). The van der Waals surface area contributed by atoms with Crippen molar-refractivity contribution >= 4 is 16.9 Å². The summed E-state index contributed by atoms with van der Waals surface area (Å²) < 4.78 is 53.0. The third-order valence-electron chi connectivity index (χ3n) is 7.44. The van der Waals surface area contributed by atoms with Crippen LogP contribution < -0.4 is 4.74 Å². The second-order valence-corrected chi connectivity index (χ2v) is 10.7. The molecule has 0 aliphatic rings. The normalized spacial score (nSPS) is 11.6. The molecule has 5 aromatic rings. The van der Waals surface area contributed by atoms with Gasteiger partial charge >= 0.3 is 12.1 Å². The number of esters is 1. The molecule has 0 bridgehead atoms. The van der Waals surface area contributed by atoms with Gasteiger partial charge in [0, 0.05) is 29.1 Å². The number of alkyl halides is 3. The summed E-state index contributed by atoms with van der Waals surface area (Å²) in [7, 11) is 1.37. The van der Waals surface area contributed by atoms with E-state index < -0.39 is 11.7 Å². The Balaban J connectivity index is 1.56. The molecular weight excluding hydrogens is 551 g/mol. The number of hydrogen-bond donors (Lipinski definition) is 0. The molecule has 1 aromatic heterocycles. The highest BCUT2D eigenvalue weighted by Crippen LogP contribution is 2.43. The van der Waals surface area contributed by atoms with Crippen molar-refractivity contribution in [2.24, 2.45) is 0 Å². The van der Waals surface area contributed by atoms with Crippen LogP contribution in [0.15, 0.2) is 97.2 Å². The Bertz CT molecular complexity index is 1760. The summed E-state index contributed by atoms with van der Waals surface area (Å²) in [5.74, 6) is 0.511. The number of para-hydroxylation sites is 1. The third kappa shape index (κ3) is 6.72. The van der Waals surface area contributed by atoms with Gasteiger partial charge in [0.15, 0.2) is 0 Å². The molecule has 0 unspecified atom stereocenters. The monoisotopic (exact) mass is 583 g/mol. The average molecular weight is 584 g/mol. The molecule has 0 aliphatic heterocycles. The zero-order valence-corrected chi connectivity index (χ0v) is 24.2. The molecule has 1 heterocycles. The molecule has 0 N–H and O–H groups in total. The van der Waals surface area contributed by atoms with E-state index in [0.29, 0.717) is 29.5 Å². The van der Waals surface area contributed by atoms with E-state index in [1.54, 1.807) is 12.3 Å². The van der Waals surface area contributed by atoms with E-state index in [1.165, 1.54) is 13.2 Å². The molecule has 0 saturated heterocycles. The van der Waals surface area contributed by atoms with Crippen LogP contribution in [-0.4, -0.2) is 18.1 Å². The number of hydrogen-bond acceptors (Lipinski definition) is 4.